The molecule has 2 aromatic carbocycles. The molecule has 2 aromatic rings. The van der Waals surface area contributed by atoms with E-state index >= 15 is 0 Å². The van der Waals surface area contributed by atoms with Crippen LogP contribution in [0.15, 0.2) is 36.4 Å². The van der Waals surface area contributed by atoms with Crippen molar-refractivity contribution in [2.24, 2.45) is 0 Å². The summed E-state index contributed by atoms with van der Waals surface area (Å²) in [5, 5.41) is 2.85. The molecule has 3 heteroatoms. The van der Waals surface area contributed by atoms with E-state index in [0.29, 0.717) is 11.3 Å². The van der Waals surface area contributed by atoms with Crippen LogP contribution in [-0.2, 0) is 12.8 Å². The zero-order valence-electron chi connectivity index (χ0n) is 11.4. The zero-order chi connectivity index (χ0) is 14.1. The summed E-state index contributed by atoms with van der Waals surface area (Å²) in [6.07, 6.45) is 3.11. The first kappa shape index (κ1) is 12.9. The molecule has 0 aromatic heterocycles. The minimum Gasteiger partial charge on any atom is -0.322 e. The van der Waals surface area contributed by atoms with Crippen LogP contribution in [0.1, 0.15) is 33.5 Å². The lowest BCUT2D eigenvalue weighted by Gasteiger charge is -2.10. The van der Waals surface area contributed by atoms with Gasteiger partial charge in [-0.05, 0) is 67.1 Å². The van der Waals surface area contributed by atoms with Gasteiger partial charge in [0.1, 0.15) is 5.82 Å². The maximum Gasteiger partial charge on any atom is 0.255 e. The van der Waals surface area contributed by atoms with Crippen LogP contribution in [-0.4, -0.2) is 5.91 Å². The molecule has 0 spiro atoms. The number of carbonyl (C=O) groups excluding carboxylic acids is 1. The minimum absolute atomic E-state index is 0.116. The summed E-state index contributed by atoms with van der Waals surface area (Å²) in [5.74, 6) is -0.377. The number of amides is 1. The van der Waals surface area contributed by atoms with Crippen LogP contribution in [0.2, 0.25) is 0 Å². The van der Waals surface area contributed by atoms with E-state index in [1.54, 1.807) is 19.1 Å². The fraction of sp³-hybridized carbons (Fsp3) is 0.235. The number of nitrogens with one attached hydrogen (secondary N) is 1. The Kier molecular flexibility index (Phi) is 3.26. The summed E-state index contributed by atoms with van der Waals surface area (Å²) in [6.45, 7) is 1.69. The molecule has 1 N–H and O–H groups in total. The second-order valence-electron chi connectivity index (χ2n) is 5.21. The summed E-state index contributed by atoms with van der Waals surface area (Å²) >= 11 is 0. The van der Waals surface area contributed by atoms with Crippen LogP contribution in [0.25, 0.3) is 0 Å². The second-order valence-corrected chi connectivity index (χ2v) is 5.21. The van der Waals surface area contributed by atoms with Crippen molar-refractivity contribution >= 4 is 11.6 Å². The Labute approximate surface area is 117 Å². The number of benzene rings is 2. The standard InChI is InChI=1S/C17H16FNO/c1-11-10-13(8-9-16(11)18)19-17(20)15-7-3-5-12-4-2-6-14(12)15/h3,5,7-10H,2,4,6H2,1H3,(H,19,20). The van der Waals surface area contributed by atoms with E-state index < -0.39 is 0 Å². The average Bonchev–Trinajstić information content (AvgIpc) is 2.91. The van der Waals surface area contributed by atoms with Gasteiger partial charge in [0.05, 0.1) is 0 Å². The van der Waals surface area contributed by atoms with Gasteiger partial charge in [-0.15, -0.1) is 0 Å². The highest BCUT2D eigenvalue weighted by molar-refractivity contribution is 6.05. The highest BCUT2D eigenvalue weighted by Crippen LogP contribution is 2.26. The zero-order valence-corrected chi connectivity index (χ0v) is 11.4. The van der Waals surface area contributed by atoms with Gasteiger partial charge in [0.2, 0.25) is 0 Å². The summed E-state index contributed by atoms with van der Waals surface area (Å²) < 4.78 is 13.2. The molecule has 1 amide bonds. The predicted octanol–water partition coefficient (Wildman–Crippen LogP) is 3.88. The number of carbonyl (C=O) groups is 1. The normalized spacial score (nSPS) is 13.1. The average molecular weight is 269 g/mol. The molecule has 0 aliphatic heterocycles. The Bertz CT molecular complexity index is 679. The maximum atomic E-state index is 13.2. The topological polar surface area (TPSA) is 29.1 Å². The summed E-state index contributed by atoms with van der Waals surface area (Å²) in [4.78, 5) is 12.4. The molecule has 0 unspecified atom stereocenters. The van der Waals surface area contributed by atoms with Gasteiger partial charge in [-0.25, -0.2) is 4.39 Å². The Hall–Kier alpha value is -2.16. The Morgan fingerprint density at radius 2 is 2.05 bits per heavy atom. The van der Waals surface area contributed by atoms with Crippen molar-refractivity contribution < 1.29 is 9.18 Å². The number of rotatable bonds is 2. The molecule has 0 bridgehead atoms. The van der Waals surface area contributed by atoms with Crippen LogP contribution in [0.3, 0.4) is 0 Å². The third-order valence-corrected chi connectivity index (χ3v) is 3.81. The molecule has 0 atom stereocenters. The molecular formula is C17H16FNO. The van der Waals surface area contributed by atoms with Gasteiger partial charge in [-0.1, -0.05) is 12.1 Å². The lowest BCUT2D eigenvalue weighted by atomic mass is 10.0. The molecule has 1 aliphatic carbocycles. The van der Waals surface area contributed by atoms with Gasteiger partial charge in [0.25, 0.3) is 5.91 Å². The summed E-state index contributed by atoms with van der Waals surface area (Å²) in [6, 6.07) is 10.5. The molecule has 0 saturated carbocycles. The van der Waals surface area contributed by atoms with E-state index in [0.717, 1.165) is 30.4 Å². The molecule has 2 nitrogen and oxygen atoms in total. The number of anilines is 1. The molecule has 3 rings (SSSR count). The molecule has 0 radical (unpaired) electrons. The van der Waals surface area contributed by atoms with Crippen molar-refractivity contribution in [1.82, 2.24) is 0 Å². The monoisotopic (exact) mass is 269 g/mol. The number of hydrogen-bond donors (Lipinski definition) is 1. The van der Waals surface area contributed by atoms with E-state index in [2.05, 4.69) is 11.4 Å². The van der Waals surface area contributed by atoms with E-state index in [4.69, 9.17) is 0 Å². The second kappa shape index (κ2) is 5.08. The molecule has 20 heavy (non-hydrogen) atoms. The number of halogens is 1. The van der Waals surface area contributed by atoms with E-state index in [1.165, 1.54) is 11.6 Å². The van der Waals surface area contributed by atoms with Gasteiger partial charge in [-0.3, -0.25) is 4.79 Å². The van der Waals surface area contributed by atoms with Crippen molar-refractivity contribution in [3.63, 3.8) is 0 Å². The van der Waals surface area contributed by atoms with E-state index in [9.17, 15) is 9.18 Å². The van der Waals surface area contributed by atoms with Crippen LogP contribution in [0, 0.1) is 12.7 Å². The largest absolute Gasteiger partial charge is 0.322 e. The minimum atomic E-state index is -0.261. The van der Waals surface area contributed by atoms with Crippen LogP contribution < -0.4 is 5.32 Å². The first-order valence-corrected chi connectivity index (χ1v) is 6.83. The summed E-state index contributed by atoms with van der Waals surface area (Å²) in [7, 11) is 0. The van der Waals surface area contributed by atoms with Crippen molar-refractivity contribution in [3.05, 3.63) is 64.5 Å². The van der Waals surface area contributed by atoms with Gasteiger partial charge in [0.15, 0.2) is 0 Å². The Morgan fingerprint density at radius 1 is 1.20 bits per heavy atom. The molecule has 102 valence electrons. The van der Waals surface area contributed by atoms with Crippen molar-refractivity contribution in [2.45, 2.75) is 26.2 Å². The lowest BCUT2D eigenvalue weighted by molar-refractivity contribution is 0.102. The van der Waals surface area contributed by atoms with Crippen LogP contribution in [0.4, 0.5) is 10.1 Å². The van der Waals surface area contributed by atoms with Crippen molar-refractivity contribution in [2.75, 3.05) is 5.32 Å². The van der Waals surface area contributed by atoms with Gasteiger partial charge >= 0.3 is 0 Å². The Balaban J connectivity index is 1.87. The van der Waals surface area contributed by atoms with Crippen LogP contribution in [0.5, 0.6) is 0 Å². The van der Waals surface area contributed by atoms with E-state index in [-0.39, 0.29) is 11.7 Å². The lowest BCUT2D eigenvalue weighted by Crippen LogP contribution is -2.14. The molecular weight excluding hydrogens is 253 g/mol. The number of fused-ring (bicyclic) bond motifs is 1. The Morgan fingerprint density at radius 3 is 2.85 bits per heavy atom. The maximum absolute atomic E-state index is 13.2. The molecule has 1 aliphatic rings. The highest BCUT2D eigenvalue weighted by Gasteiger charge is 2.18. The highest BCUT2D eigenvalue weighted by atomic mass is 19.1. The molecule has 0 fully saturated rings. The smallest absolute Gasteiger partial charge is 0.255 e. The van der Waals surface area contributed by atoms with Crippen LogP contribution >= 0.6 is 0 Å². The fourth-order valence-corrected chi connectivity index (χ4v) is 2.75. The molecule has 0 saturated heterocycles. The van der Waals surface area contributed by atoms with Gasteiger partial charge in [-0.2, -0.15) is 0 Å². The third-order valence-electron chi connectivity index (χ3n) is 3.81. The number of hydrogen-bond acceptors (Lipinski definition) is 1. The molecule has 0 heterocycles. The SMILES string of the molecule is Cc1cc(NC(=O)c2cccc3c2CCC3)ccc1F. The predicted molar refractivity (Wildman–Crippen MR) is 77.6 cm³/mol. The van der Waals surface area contributed by atoms with Gasteiger partial charge < -0.3 is 5.32 Å². The third kappa shape index (κ3) is 2.31. The fourth-order valence-electron chi connectivity index (χ4n) is 2.75. The number of aryl methyl sites for hydroxylation is 2. The van der Waals surface area contributed by atoms with Gasteiger partial charge in [0, 0.05) is 11.3 Å². The summed E-state index contributed by atoms with van der Waals surface area (Å²) in [5.41, 5.74) is 4.32. The van der Waals surface area contributed by atoms with E-state index in [1.807, 2.05) is 12.1 Å². The first-order chi connectivity index (χ1) is 9.65. The quantitative estimate of drug-likeness (QED) is 0.880. The van der Waals surface area contributed by atoms with Crippen molar-refractivity contribution in [3.8, 4) is 0 Å². The van der Waals surface area contributed by atoms with Crippen molar-refractivity contribution in [1.29, 1.82) is 0 Å². The first-order valence-electron chi connectivity index (χ1n) is 6.83.